The lowest BCUT2D eigenvalue weighted by atomic mass is 10.2. The predicted molar refractivity (Wildman–Crippen MR) is 105 cm³/mol. The molecule has 8 nitrogen and oxygen atoms in total. The molecule has 1 aromatic carbocycles. The van der Waals surface area contributed by atoms with E-state index in [2.05, 4.69) is 10.3 Å². The Balaban J connectivity index is 1.79. The van der Waals surface area contributed by atoms with Crippen molar-refractivity contribution in [2.45, 2.75) is 33.5 Å². The van der Waals surface area contributed by atoms with Gasteiger partial charge in [0.1, 0.15) is 12.3 Å². The maximum Gasteiger partial charge on any atom is 0.318 e. The molecule has 0 saturated carbocycles. The summed E-state index contributed by atoms with van der Waals surface area (Å²) in [6, 6.07) is 10.7. The smallest absolute Gasteiger partial charge is 0.318 e. The summed E-state index contributed by atoms with van der Waals surface area (Å²) in [5, 5.41) is 2.77. The normalized spacial score (nSPS) is 10.8. The molecule has 0 aliphatic carbocycles. The van der Waals surface area contributed by atoms with Crippen molar-refractivity contribution in [3.63, 3.8) is 0 Å². The summed E-state index contributed by atoms with van der Waals surface area (Å²) in [7, 11) is 0. The van der Waals surface area contributed by atoms with Crippen molar-refractivity contribution in [1.29, 1.82) is 0 Å². The summed E-state index contributed by atoms with van der Waals surface area (Å²) in [5.74, 6) is 0.398. The van der Waals surface area contributed by atoms with Crippen LogP contribution in [0.5, 0.6) is 5.75 Å². The fourth-order valence-electron chi connectivity index (χ4n) is 2.96. The first kappa shape index (κ1) is 19.3. The van der Waals surface area contributed by atoms with E-state index in [0.717, 1.165) is 11.3 Å². The number of carbonyl (C=O) groups excluding carboxylic acids is 1. The summed E-state index contributed by atoms with van der Waals surface area (Å²) in [5.41, 5.74) is 0.308. The maximum atomic E-state index is 12.5. The summed E-state index contributed by atoms with van der Waals surface area (Å²) < 4.78 is 7.87. The minimum atomic E-state index is -0.737. The van der Waals surface area contributed by atoms with Gasteiger partial charge in [-0.25, -0.2) is 4.98 Å². The zero-order chi connectivity index (χ0) is 20.1. The number of nitrogens with one attached hydrogen (secondary N) is 1. The monoisotopic (exact) mass is 382 g/mol. The van der Waals surface area contributed by atoms with Gasteiger partial charge in [-0.1, -0.05) is 12.1 Å². The predicted octanol–water partition coefficient (Wildman–Crippen LogP) is 1.29. The molecular formula is C20H22N4O4. The molecule has 0 radical (unpaired) electrons. The Bertz CT molecular complexity index is 1100. The van der Waals surface area contributed by atoms with Crippen LogP contribution in [0, 0.1) is 0 Å². The van der Waals surface area contributed by atoms with Crippen LogP contribution in [0.15, 0.2) is 52.2 Å². The Morgan fingerprint density at radius 3 is 2.46 bits per heavy atom. The number of benzene rings is 1. The van der Waals surface area contributed by atoms with E-state index in [4.69, 9.17) is 4.74 Å². The molecular weight excluding hydrogens is 360 g/mol. The van der Waals surface area contributed by atoms with E-state index in [0.29, 0.717) is 30.9 Å². The largest absolute Gasteiger partial charge is 0.494 e. The Labute approximate surface area is 161 Å². The first-order chi connectivity index (χ1) is 13.5. The van der Waals surface area contributed by atoms with Crippen molar-refractivity contribution in [3.05, 3.63) is 68.9 Å². The van der Waals surface area contributed by atoms with Gasteiger partial charge in [0.15, 0.2) is 5.65 Å². The number of aromatic nitrogens is 3. The average Bonchev–Trinajstić information content (AvgIpc) is 2.71. The Morgan fingerprint density at radius 2 is 1.79 bits per heavy atom. The lowest BCUT2D eigenvalue weighted by molar-refractivity contribution is -0.121. The summed E-state index contributed by atoms with van der Waals surface area (Å²) in [6.07, 6.45) is 1.55. The highest BCUT2D eigenvalue weighted by Gasteiger charge is 2.15. The van der Waals surface area contributed by atoms with Crippen molar-refractivity contribution >= 4 is 17.1 Å². The summed E-state index contributed by atoms with van der Waals surface area (Å²) in [6.45, 7) is 4.65. The molecule has 1 N–H and O–H groups in total. The second-order valence-corrected chi connectivity index (χ2v) is 6.14. The lowest BCUT2D eigenvalue weighted by Crippen LogP contribution is -2.43. The molecule has 0 aliphatic rings. The highest BCUT2D eigenvalue weighted by Crippen LogP contribution is 2.12. The molecule has 0 aliphatic heterocycles. The number of hydrogen-bond acceptors (Lipinski definition) is 5. The van der Waals surface area contributed by atoms with Crippen molar-refractivity contribution in [2.24, 2.45) is 0 Å². The van der Waals surface area contributed by atoms with Crippen molar-refractivity contribution in [3.8, 4) is 5.75 Å². The second kappa shape index (κ2) is 8.51. The van der Waals surface area contributed by atoms with Gasteiger partial charge in [-0.05, 0) is 43.7 Å². The fourth-order valence-corrected chi connectivity index (χ4v) is 2.96. The molecule has 0 unspecified atom stereocenters. The number of nitrogens with zero attached hydrogens (tertiary/aromatic N) is 3. The van der Waals surface area contributed by atoms with Gasteiger partial charge in [-0.2, -0.15) is 0 Å². The lowest BCUT2D eigenvalue weighted by Gasteiger charge is -2.13. The number of rotatable bonds is 7. The molecule has 0 fully saturated rings. The van der Waals surface area contributed by atoms with Gasteiger partial charge in [0, 0.05) is 19.3 Å². The number of aryl methyl sites for hydroxylation is 1. The first-order valence-electron chi connectivity index (χ1n) is 9.12. The number of pyridine rings is 1. The zero-order valence-electron chi connectivity index (χ0n) is 15.8. The molecule has 2 heterocycles. The third-order valence-corrected chi connectivity index (χ3v) is 4.33. The third-order valence-electron chi connectivity index (χ3n) is 4.33. The van der Waals surface area contributed by atoms with E-state index in [9.17, 15) is 14.4 Å². The van der Waals surface area contributed by atoms with E-state index in [1.807, 2.05) is 31.2 Å². The quantitative estimate of drug-likeness (QED) is 0.622. The molecule has 0 bridgehead atoms. The van der Waals surface area contributed by atoms with Crippen LogP contribution in [0.1, 0.15) is 19.4 Å². The Kier molecular flexibility index (Phi) is 5.88. The van der Waals surface area contributed by atoms with E-state index in [-0.39, 0.29) is 12.5 Å². The number of carbonyl (C=O) groups is 1. The second-order valence-electron chi connectivity index (χ2n) is 6.14. The van der Waals surface area contributed by atoms with Crippen LogP contribution >= 0.6 is 0 Å². The number of fused-ring (bicyclic) bond motifs is 1. The van der Waals surface area contributed by atoms with E-state index in [1.165, 1.54) is 9.13 Å². The van der Waals surface area contributed by atoms with Gasteiger partial charge in [0.05, 0.1) is 12.1 Å². The first-order valence-corrected chi connectivity index (χ1v) is 9.12. The molecule has 146 valence electrons. The molecule has 3 aromatic rings. The molecule has 28 heavy (non-hydrogen) atoms. The standard InChI is InChI=1S/C20H22N4O4/c1-3-23-18-16(6-5-11-21-18)24(20(27)19(23)26)13-17(25)22-12-14-7-9-15(10-8-14)28-4-2/h5-11H,3-4,12-13H2,1-2H3,(H,22,25). The van der Waals surface area contributed by atoms with Gasteiger partial charge >= 0.3 is 11.1 Å². The van der Waals surface area contributed by atoms with Gasteiger partial charge in [-0.15, -0.1) is 0 Å². The van der Waals surface area contributed by atoms with Crippen molar-refractivity contribution in [2.75, 3.05) is 6.61 Å². The molecule has 2 aromatic heterocycles. The van der Waals surface area contributed by atoms with Gasteiger partial charge in [0.25, 0.3) is 0 Å². The minimum Gasteiger partial charge on any atom is -0.494 e. The topological polar surface area (TPSA) is 95.2 Å². The minimum absolute atomic E-state index is 0.252. The molecule has 0 atom stereocenters. The van der Waals surface area contributed by atoms with Crippen LogP contribution in [0.4, 0.5) is 0 Å². The third kappa shape index (κ3) is 3.95. The van der Waals surface area contributed by atoms with Crippen LogP contribution < -0.4 is 21.2 Å². The molecule has 0 spiro atoms. The van der Waals surface area contributed by atoms with Crippen LogP contribution in [-0.4, -0.2) is 26.6 Å². The van der Waals surface area contributed by atoms with Crippen LogP contribution in [0.3, 0.4) is 0 Å². The van der Waals surface area contributed by atoms with E-state index >= 15 is 0 Å². The number of hydrogen-bond donors (Lipinski definition) is 1. The van der Waals surface area contributed by atoms with Crippen molar-refractivity contribution < 1.29 is 9.53 Å². The number of amides is 1. The number of ether oxygens (including phenoxy) is 1. The van der Waals surface area contributed by atoms with Crippen molar-refractivity contribution in [1.82, 2.24) is 19.4 Å². The zero-order valence-corrected chi connectivity index (χ0v) is 15.8. The Morgan fingerprint density at radius 1 is 1.07 bits per heavy atom. The summed E-state index contributed by atoms with van der Waals surface area (Å²) in [4.78, 5) is 41.4. The maximum absolute atomic E-state index is 12.5. The summed E-state index contributed by atoms with van der Waals surface area (Å²) >= 11 is 0. The van der Waals surface area contributed by atoms with Crippen LogP contribution in [0.2, 0.25) is 0 Å². The van der Waals surface area contributed by atoms with E-state index < -0.39 is 11.1 Å². The van der Waals surface area contributed by atoms with Gasteiger partial charge in [0.2, 0.25) is 5.91 Å². The fraction of sp³-hybridized carbons (Fsp3) is 0.300. The van der Waals surface area contributed by atoms with Crippen LogP contribution in [0.25, 0.3) is 11.2 Å². The highest BCUT2D eigenvalue weighted by atomic mass is 16.5. The highest BCUT2D eigenvalue weighted by molar-refractivity contribution is 5.78. The Hall–Kier alpha value is -3.42. The SMILES string of the molecule is CCOc1ccc(CNC(=O)Cn2c(=O)c(=O)n(CC)c3ncccc32)cc1. The average molecular weight is 382 g/mol. The molecule has 1 amide bonds. The van der Waals surface area contributed by atoms with E-state index in [1.54, 1.807) is 25.3 Å². The molecule has 0 saturated heterocycles. The molecule has 3 rings (SSSR count). The van der Waals surface area contributed by atoms with Gasteiger partial charge < -0.3 is 10.1 Å². The van der Waals surface area contributed by atoms with Crippen LogP contribution in [-0.2, 0) is 24.4 Å². The van der Waals surface area contributed by atoms with Gasteiger partial charge in [-0.3, -0.25) is 23.5 Å². The molecule has 8 heteroatoms.